The highest BCUT2D eigenvalue weighted by Gasteiger charge is 2.50. The molecule has 134 valence electrons. The number of amides is 1. The van der Waals surface area contributed by atoms with Crippen molar-refractivity contribution < 1.29 is 9.90 Å². The standard InChI is InChI=1S/C18H28ClN3O2/c1-12(2)18(24)8-13-6-16(7-14(13)9-18)22(19)11-17(23)21-5-3-4-15(21)10-20/h12-16,24H,3-9,11H2,1-2H3/t13-,14+,15-,16?,18?/m0/s1. The van der Waals surface area contributed by atoms with E-state index in [2.05, 4.69) is 19.9 Å². The first-order valence-corrected chi connectivity index (χ1v) is 9.51. The molecule has 1 aliphatic heterocycles. The first-order valence-electron chi connectivity index (χ1n) is 9.18. The van der Waals surface area contributed by atoms with E-state index in [1.807, 2.05) is 0 Å². The maximum Gasteiger partial charge on any atom is 0.239 e. The lowest BCUT2D eigenvalue weighted by Crippen LogP contribution is -2.42. The van der Waals surface area contributed by atoms with E-state index in [9.17, 15) is 9.90 Å². The van der Waals surface area contributed by atoms with E-state index in [0.717, 1.165) is 38.5 Å². The molecule has 3 rings (SSSR count). The highest BCUT2D eigenvalue weighted by molar-refractivity contribution is 6.14. The summed E-state index contributed by atoms with van der Waals surface area (Å²) in [5.74, 6) is 1.27. The molecule has 5 atom stereocenters. The van der Waals surface area contributed by atoms with Crippen LogP contribution in [0.25, 0.3) is 0 Å². The van der Waals surface area contributed by atoms with Gasteiger partial charge in [0.1, 0.15) is 6.04 Å². The first kappa shape index (κ1) is 18.0. The van der Waals surface area contributed by atoms with Gasteiger partial charge in [-0.25, -0.2) is 4.42 Å². The number of hydrogen-bond donors (Lipinski definition) is 1. The average molecular weight is 354 g/mol. The smallest absolute Gasteiger partial charge is 0.239 e. The minimum absolute atomic E-state index is 0.0372. The molecule has 1 amide bonds. The number of carbonyl (C=O) groups is 1. The number of nitrogens with zero attached hydrogens (tertiary/aromatic N) is 3. The molecule has 1 heterocycles. The summed E-state index contributed by atoms with van der Waals surface area (Å²) in [6.45, 7) is 5.02. The van der Waals surface area contributed by atoms with Crippen molar-refractivity contribution in [1.82, 2.24) is 9.32 Å². The molecular weight excluding hydrogens is 326 g/mol. The van der Waals surface area contributed by atoms with E-state index in [1.165, 1.54) is 0 Å². The number of rotatable bonds is 4. The summed E-state index contributed by atoms with van der Waals surface area (Å²) in [6.07, 6.45) is 5.29. The Hall–Kier alpha value is -0.830. The van der Waals surface area contributed by atoms with Gasteiger partial charge in [-0.15, -0.1) is 0 Å². The lowest BCUT2D eigenvalue weighted by Gasteiger charge is -2.30. The number of hydrogen-bond acceptors (Lipinski definition) is 4. The Labute approximate surface area is 149 Å². The summed E-state index contributed by atoms with van der Waals surface area (Å²) < 4.78 is 1.65. The van der Waals surface area contributed by atoms with Crippen LogP contribution >= 0.6 is 11.8 Å². The lowest BCUT2D eigenvalue weighted by atomic mass is 9.86. The summed E-state index contributed by atoms with van der Waals surface area (Å²) in [5.41, 5.74) is -0.525. The maximum atomic E-state index is 12.4. The van der Waals surface area contributed by atoms with Crippen LogP contribution in [0.1, 0.15) is 52.4 Å². The summed E-state index contributed by atoms with van der Waals surface area (Å²) in [5, 5.41) is 19.8. The minimum atomic E-state index is -0.525. The van der Waals surface area contributed by atoms with E-state index in [1.54, 1.807) is 9.32 Å². The Kier molecular flexibility index (Phi) is 5.11. The van der Waals surface area contributed by atoms with Gasteiger partial charge in [-0.2, -0.15) is 5.26 Å². The number of fused-ring (bicyclic) bond motifs is 1. The van der Waals surface area contributed by atoms with Gasteiger partial charge < -0.3 is 10.0 Å². The van der Waals surface area contributed by atoms with Crippen molar-refractivity contribution in [2.45, 2.75) is 70.1 Å². The van der Waals surface area contributed by atoms with Crippen LogP contribution in [0.5, 0.6) is 0 Å². The number of likely N-dealkylation sites (tertiary alicyclic amines) is 1. The second-order valence-corrected chi connectivity index (χ2v) is 8.68. The number of nitriles is 1. The largest absolute Gasteiger partial charge is 0.390 e. The van der Waals surface area contributed by atoms with Crippen molar-refractivity contribution in [3.63, 3.8) is 0 Å². The minimum Gasteiger partial charge on any atom is -0.390 e. The molecule has 24 heavy (non-hydrogen) atoms. The fourth-order valence-corrected chi connectivity index (χ4v) is 5.18. The monoisotopic (exact) mass is 353 g/mol. The third-order valence-corrected chi connectivity index (χ3v) is 6.92. The summed E-state index contributed by atoms with van der Waals surface area (Å²) >= 11 is 6.44. The van der Waals surface area contributed by atoms with Gasteiger partial charge in [0, 0.05) is 12.6 Å². The van der Waals surface area contributed by atoms with Crippen LogP contribution in [0, 0.1) is 29.1 Å². The molecule has 0 radical (unpaired) electrons. The lowest BCUT2D eigenvalue weighted by molar-refractivity contribution is -0.131. The van der Waals surface area contributed by atoms with Crippen molar-refractivity contribution in [3.05, 3.63) is 0 Å². The van der Waals surface area contributed by atoms with E-state index in [0.29, 0.717) is 18.4 Å². The van der Waals surface area contributed by atoms with Gasteiger partial charge in [0.2, 0.25) is 5.91 Å². The zero-order valence-electron chi connectivity index (χ0n) is 14.6. The molecule has 2 aliphatic carbocycles. The third kappa shape index (κ3) is 3.29. The fourth-order valence-electron chi connectivity index (χ4n) is 4.92. The van der Waals surface area contributed by atoms with Crippen LogP contribution < -0.4 is 0 Å². The van der Waals surface area contributed by atoms with Gasteiger partial charge in [0.15, 0.2) is 0 Å². The van der Waals surface area contributed by atoms with Crippen molar-refractivity contribution in [3.8, 4) is 6.07 Å². The van der Waals surface area contributed by atoms with Crippen LogP contribution in [0.4, 0.5) is 0 Å². The summed E-state index contributed by atoms with van der Waals surface area (Å²) in [6, 6.07) is 2.12. The van der Waals surface area contributed by atoms with Crippen LogP contribution in [0.2, 0.25) is 0 Å². The Morgan fingerprint density at radius 1 is 1.42 bits per heavy atom. The van der Waals surface area contributed by atoms with Gasteiger partial charge in [-0.05, 0) is 68.1 Å². The molecule has 0 spiro atoms. The Morgan fingerprint density at radius 3 is 2.58 bits per heavy atom. The third-order valence-electron chi connectivity index (χ3n) is 6.53. The number of halogens is 1. The molecule has 0 aromatic heterocycles. The molecule has 5 nitrogen and oxygen atoms in total. The molecule has 2 saturated carbocycles. The highest BCUT2D eigenvalue weighted by atomic mass is 35.5. The second kappa shape index (κ2) is 6.82. The zero-order chi connectivity index (χ0) is 17.5. The summed E-state index contributed by atoms with van der Waals surface area (Å²) in [4.78, 5) is 14.1. The maximum absolute atomic E-state index is 12.4. The van der Waals surface area contributed by atoms with Crippen molar-refractivity contribution in [1.29, 1.82) is 5.26 Å². The van der Waals surface area contributed by atoms with E-state index in [4.69, 9.17) is 17.0 Å². The normalized spacial score (nSPS) is 38.8. The molecule has 6 heteroatoms. The quantitative estimate of drug-likeness (QED) is 0.788. The molecule has 1 N–H and O–H groups in total. The fraction of sp³-hybridized carbons (Fsp3) is 0.889. The molecule has 2 unspecified atom stereocenters. The van der Waals surface area contributed by atoms with Crippen LogP contribution in [-0.2, 0) is 4.79 Å². The van der Waals surface area contributed by atoms with Gasteiger partial charge in [0.05, 0.1) is 18.2 Å². The zero-order valence-corrected chi connectivity index (χ0v) is 15.4. The summed E-state index contributed by atoms with van der Waals surface area (Å²) in [7, 11) is 0. The first-order chi connectivity index (χ1) is 11.3. The Bertz CT molecular complexity index is 519. The van der Waals surface area contributed by atoms with Gasteiger partial charge in [0.25, 0.3) is 0 Å². The van der Waals surface area contributed by atoms with Crippen LogP contribution in [0.3, 0.4) is 0 Å². The Balaban J connectivity index is 1.53. The van der Waals surface area contributed by atoms with Gasteiger partial charge in [-0.3, -0.25) is 4.79 Å². The number of carbonyl (C=O) groups excluding carboxylic acids is 1. The van der Waals surface area contributed by atoms with E-state index < -0.39 is 5.60 Å². The van der Waals surface area contributed by atoms with Crippen molar-refractivity contribution >= 4 is 17.7 Å². The molecule has 0 bridgehead atoms. The predicted octanol–water partition coefficient (Wildman–Crippen LogP) is 2.53. The molecular formula is C18H28ClN3O2. The SMILES string of the molecule is CC(C)C1(O)C[C@H]2CC(N(Cl)CC(=O)N3CCC[C@H]3C#N)C[C@H]2C1. The second-order valence-electron chi connectivity index (χ2n) is 8.24. The molecule has 1 saturated heterocycles. The topological polar surface area (TPSA) is 67.6 Å². The molecule has 3 aliphatic rings. The van der Waals surface area contributed by atoms with Gasteiger partial charge >= 0.3 is 0 Å². The molecule has 0 aromatic rings. The average Bonchev–Trinajstić information content (AvgIpc) is 3.19. The van der Waals surface area contributed by atoms with Gasteiger partial charge in [-0.1, -0.05) is 13.8 Å². The van der Waals surface area contributed by atoms with E-state index >= 15 is 0 Å². The van der Waals surface area contributed by atoms with Crippen molar-refractivity contribution in [2.24, 2.45) is 17.8 Å². The van der Waals surface area contributed by atoms with Crippen molar-refractivity contribution in [2.75, 3.05) is 13.1 Å². The number of aliphatic hydroxyl groups is 1. The van der Waals surface area contributed by atoms with Crippen LogP contribution in [0.15, 0.2) is 0 Å². The van der Waals surface area contributed by atoms with E-state index in [-0.39, 0.29) is 30.5 Å². The molecule has 0 aromatic carbocycles. The molecule has 3 fully saturated rings. The highest BCUT2D eigenvalue weighted by Crippen LogP contribution is 2.52. The Morgan fingerprint density at radius 2 is 2.04 bits per heavy atom. The van der Waals surface area contributed by atoms with Crippen LogP contribution in [-0.4, -0.2) is 51.1 Å². The predicted molar refractivity (Wildman–Crippen MR) is 91.9 cm³/mol.